The van der Waals surface area contributed by atoms with Crippen LogP contribution in [0.5, 0.6) is 5.88 Å². The van der Waals surface area contributed by atoms with Gasteiger partial charge in [0.2, 0.25) is 13.7 Å². The second-order valence-electron chi connectivity index (χ2n) is 6.02. The van der Waals surface area contributed by atoms with Gasteiger partial charge in [-0.2, -0.15) is 4.98 Å². The van der Waals surface area contributed by atoms with Gasteiger partial charge in [-0.3, -0.25) is 4.57 Å². The zero-order valence-corrected chi connectivity index (χ0v) is 13.5. The number of ether oxygens (including phenoxy) is 1. The molecule has 1 aromatic heterocycles. The summed E-state index contributed by atoms with van der Waals surface area (Å²) in [4.78, 5) is 17.8. The number of hydrogen-bond acceptors (Lipinski definition) is 5. The molecule has 0 radical (unpaired) electrons. The first-order valence-electron chi connectivity index (χ1n) is 7.40. The number of anilines is 1. The Morgan fingerprint density at radius 1 is 1.38 bits per heavy atom. The molecular weight excluding hydrogens is 319 g/mol. The quantitative estimate of drug-likeness (QED) is 0.640. The Bertz CT molecular complexity index is 856. The van der Waals surface area contributed by atoms with Crippen LogP contribution in [0.2, 0.25) is 0 Å². The number of likely N-dealkylation sites (N-methyl/N-ethyl adjacent to an activating group) is 1. The van der Waals surface area contributed by atoms with Crippen molar-refractivity contribution in [2.45, 2.75) is 25.2 Å². The normalized spacial score (nSPS) is 19.0. The lowest BCUT2D eigenvalue weighted by Gasteiger charge is -2.25. The summed E-state index contributed by atoms with van der Waals surface area (Å²) in [6.07, 6.45) is 0. The maximum Gasteiger partial charge on any atom is 0.352 e. The standard InChI is InChI=1S/C15H16BF2N3O3/c1-8-7-21-13(20(8)2)6-12(19-14(21)22)24-15(16,23)9-3-4-10(17)11(18)5-9/h3-6,8,23H,7,16H2,1-2H3. The van der Waals surface area contributed by atoms with Crippen molar-refractivity contribution in [1.82, 2.24) is 9.55 Å². The van der Waals surface area contributed by atoms with E-state index in [2.05, 4.69) is 4.98 Å². The molecule has 126 valence electrons. The summed E-state index contributed by atoms with van der Waals surface area (Å²) in [5.74, 6) is -1.62. The van der Waals surface area contributed by atoms with E-state index >= 15 is 0 Å². The molecule has 24 heavy (non-hydrogen) atoms. The van der Waals surface area contributed by atoms with Crippen LogP contribution >= 0.6 is 0 Å². The highest BCUT2D eigenvalue weighted by molar-refractivity contribution is 6.13. The van der Waals surface area contributed by atoms with Crippen molar-refractivity contribution in [3.8, 4) is 5.88 Å². The van der Waals surface area contributed by atoms with Gasteiger partial charge in [0.1, 0.15) is 5.82 Å². The minimum Gasteiger partial charge on any atom is -0.450 e. The van der Waals surface area contributed by atoms with Crippen LogP contribution in [0.1, 0.15) is 12.5 Å². The molecule has 0 amide bonds. The molecule has 9 heteroatoms. The number of rotatable bonds is 3. The molecule has 2 heterocycles. The SMILES string of the molecule is BC(O)(Oc1cc2n(c(=O)n1)CC(C)N2C)c1ccc(F)c(F)c1. The number of benzene rings is 1. The summed E-state index contributed by atoms with van der Waals surface area (Å²) < 4.78 is 33.3. The van der Waals surface area contributed by atoms with Gasteiger partial charge >= 0.3 is 5.69 Å². The molecule has 0 spiro atoms. The molecule has 0 fully saturated rings. The number of aromatic nitrogens is 2. The van der Waals surface area contributed by atoms with Gasteiger partial charge in [0.05, 0.1) is 0 Å². The summed E-state index contributed by atoms with van der Waals surface area (Å²) in [6.45, 7) is 2.47. The van der Waals surface area contributed by atoms with E-state index in [0.717, 1.165) is 12.1 Å². The largest absolute Gasteiger partial charge is 0.450 e. The lowest BCUT2D eigenvalue weighted by Crippen LogP contribution is -2.35. The first kappa shape index (κ1) is 16.4. The van der Waals surface area contributed by atoms with Crippen molar-refractivity contribution < 1.29 is 18.6 Å². The number of halogens is 2. The van der Waals surface area contributed by atoms with Crippen molar-refractivity contribution in [3.05, 3.63) is 51.9 Å². The van der Waals surface area contributed by atoms with E-state index in [9.17, 15) is 18.7 Å². The Hall–Kier alpha value is -2.42. The van der Waals surface area contributed by atoms with E-state index in [0.29, 0.717) is 12.4 Å². The van der Waals surface area contributed by atoms with E-state index in [1.54, 1.807) is 0 Å². The van der Waals surface area contributed by atoms with E-state index in [4.69, 9.17) is 4.74 Å². The average molecular weight is 335 g/mol. The molecule has 2 atom stereocenters. The predicted molar refractivity (Wildman–Crippen MR) is 85.8 cm³/mol. The van der Waals surface area contributed by atoms with Gasteiger partial charge in [-0.05, 0) is 19.1 Å². The molecule has 0 saturated heterocycles. The minimum absolute atomic E-state index is 0.00511. The topological polar surface area (TPSA) is 67.6 Å². The van der Waals surface area contributed by atoms with Crippen LogP contribution in [0, 0.1) is 11.6 Å². The predicted octanol–water partition coefficient (Wildman–Crippen LogP) is 0.174. The van der Waals surface area contributed by atoms with Crippen LogP contribution in [-0.2, 0) is 12.2 Å². The Labute approximate surface area is 137 Å². The van der Waals surface area contributed by atoms with Crippen LogP contribution in [-0.4, -0.2) is 35.6 Å². The van der Waals surface area contributed by atoms with E-state index in [1.165, 1.54) is 24.5 Å². The lowest BCUT2D eigenvalue weighted by molar-refractivity contribution is -0.0708. The average Bonchev–Trinajstić information content (AvgIpc) is 2.78. The minimum atomic E-state index is -1.98. The van der Waals surface area contributed by atoms with Gasteiger partial charge in [0, 0.05) is 31.3 Å². The second-order valence-corrected chi connectivity index (χ2v) is 6.02. The highest BCUT2D eigenvalue weighted by Gasteiger charge is 2.30. The van der Waals surface area contributed by atoms with Crippen LogP contribution in [0.4, 0.5) is 14.6 Å². The third kappa shape index (κ3) is 2.75. The van der Waals surface area contributed by atoms with Gasteiger partial charge < -0.3 is 14.7 Å². The van der Waals surface area contributed by atoms with Crippen LogP contribution in [0.3, 0.4) is 0 Å². The van der Waals surface area contributed by atoms with Gasteiger partial charge in [-0.15, -0.1) is 0 Å². The molecule has 1 aliphatic rings. The molecule has 1 aromatic carbocycles. The fourth-order valence-corrected chi connectivity index (χ4v) is 2.65. The van der Waals surface area contributed by atoms with Crippen molar-refractivity contribution in [2.75, 3.05) is 11.9 Å². The monoisotopic (exact) mass is 335 g/mol. The lowest BCUT2D eigenvalue weighted by atomic mass is 9.87. The van der Waals surface area contributed by atoms with Crippen LogP contribution in [0.15, 0.2) is 29.1 Å². The molecule has 1 aliphatic heterocycles. The summed E-state index contributed by atoms with van der Waals surface area (Å²) in [5, 5.41) is 10.4. The Morgan fingerprint density at radius 3 is 2.75 bits per heavy atom. The van der Waals surface area contributed by atoms with E-state index in [-0.39, 0.29) is 17.5 Å². The third-order valence-corrected chi connectivity index (χ3v) is 4.19. The Morgan fingerprint density at radius 2 is 2.08 bits per heavy atom. The van der Waals surface area contributed by atoms with Crippen LogP contribution < -0.4 is 15.3 Å². The van der Waals surface area contributed by atoms with Gasteiger partial charge in [0.25, 0.3) is 0 Å². The van der Waals surface area contributed by atoms with E-state index < -0.39 is 23.0 Å². The number of hydrogen-bond donors (Lipinski definition) is 1. The summed E-state index contributed by atoms with van der Waals surface area (Å²) >= 11 is 0. The van der Waals surface area contributed by atoms with Crippen molar-refractivity contribution in [2.24, 2.45) is 0 Å². The molecule has 6 nitrogen and oxygen atoms in total. The zero-order valence-electron chi connectivity index (χ0n) is 13.5. The fourth-order valence-electron chi connectivity index (χ4n) is 2.65. The van der Waals surface area contributed by atoms with E-state index in [1.807, 2.05) is 18.9 Å². The Kier molecular flexibility index (Phi) is 3.83. The van der Waals surface area contributed by atoms with Gasteiger partial charge in [-0.25, -0.2) is 13.6 Å². The molecule has 0 bridgehead atoms. The highest BCUT2D eigenvalue weighted by atomic mass is 19.2. The number of fused-ring (bicyclic) bond motifs is 1. The number of aliphatic hydroxyl groups is 1. The maximum absolute atomic E-state index is 13.4. The van der Waals surface area contributed by atoms with Crippen molar-refractivity contribution in [3.63, 3.8) is 0 Å². The van der Waals surface area contributed by atoms with Crippen molar-refractivity contribution in [1.29, 1.82) is 0 Å². The second kappa shape index (κ2) is 5.59. The molecular formula is C15H16BF2N3O3. The van der Waals surface area contributed by atoms with Gasteiger partial charge in [-0.1, -0.05) is 6.07 Å². The fraction of sp³-hybridized carbons (Fsp3) is 0.333. The smallest absolute Gasteiger partial charge is 0.352 e. The molecule has 2 aromatic rings. The van der Waals surface area contributed by atoms with Gasteiger partial charge in [0.15, 0.2) is 17.3 Å². The summed E-state index contributed by atoms with van der Waals surface area (Å²) in [7, 11) is 3.10. The number of nitrogens with zero attached hydrogens (tertiary/aromatic N) is 3. The third-order valence-electron chi connectivity index (χ3n) is 4.19. The zero-order chi connectivity index (χ0) is 17.6. The van der Waals surface area contributed by atoms with Crippen LogP contribution in [0.25, 0.3) is 0 Å². The first-order valence-corrected chi connectivity index (χ1v) is 7.40. The summed E-state index contributed by atoms with van der Waals surface area (Å²) in [6, 6.07) is 4.58. The molecule has 2 unspecified atom stereocenters. The summed E-state index contributed by atoms with van der Waals surface area (Å²) in [5.41, 5.74) is -2.47. The highest BCUT2D eigenvalue weighted by Crippen LogP contribution is 2.28. The first-order chi connectivity index (χ1) is 11.2. The van der Waals surface area contributed by atoms with Crippen molar-refractivity contribution >= 4 is 13.7 Å². The molecule has 1 N–H and O–H groups in total. The maximum atomic E-state index is 13.4. The molecule has 0 aliphatic carbocycles. The molecule has 0 saturated carbocycles. The molecule has 3 rings (SSSR count). The Balaban J connectivity index is 1.95.